The Balaban J connectivity index is 0.000000344. The molecule has 1 aliphatic heterocycles. The van der Waals surface area contributed by atoms with Gasteiger partial charge >= 0.3 is 6.18 Å². The molecule has 1 N–H and O–H groups in total. The number of rotatable bonds is 11. The number of benzene rings is 4. The fourth-order valence-electron chi connectivity index (χ4n) is 8.12. The van der Waals surface area contributed by atoms with Crippen LogP contribution in [-0.4, -0.2) is 38.4 Å². The van der Waals surface area contributed by atoms with Crippen LogP contribution in [0, 0.1) is 37.2 Å². The average Bonchev–Trinajstić information content (AvgIpc) is 3.56. The number of aromatic nitrogens is 3. The Labute approximate surface area is 354 Å². The number of fused-ring (bicyclic) bond motifs is 3. The third-order valence-corrected chi connectivity index (χ3v) is 11.7. The zero-order valence-corrected chi connectivity index (χ0v) is 37.0. The summed E-state index contributed by atoms with van der Waals surface area (Å²) in [7, 11) is 0. The van der Waals surface area contributed by atoms with E-state index in [1.807, 2.05) is 58.0 Å². The predicted octanol–water partition coefficient (Wildman–Crippen LogP) is 11.3. The molecule has 10 heteroatoms. The third-order valence-electron chi connectivity index (χ3n) is 11.7. The van der Waals surface area contributed by atoms with Gasteiger partial charge in [0.2, 0.25) is 0 Å². The molecule has 1 aliphatic rings. The number of aliphatic hydroxyl groups is 1. The van der Waals surface area contributed by atoms with Crippen LogP contribution >= 0.6 is 0 Å². The number of nitrogens with zero attached hydrogens (tertiary/aromatic N) is 3. The molecule has 0 saturated heterocycles. The third kappa shape index (κ3) is 8.74. The van der Waals surface area contributed by atoms with Gasteiger partial charge in [-0.3, -0.25) is 9.78 Å². The van der Waals surface area contributed by atoms with E-state index in [1.54, 1.807) is 18.3 Å². The van der Waals surface area contributed by atoms with Gasteiger partial charge < -0.3 is 9.58 Å². The van der Waals surface area contributed by atoms with Crippen molar-refractivity contribution in [2.45, 2.75) is 93.7 Å². The largest absolute Gasteiger partial charge is 0.512 e. The van der Waals surface area contributed by atoms with E-state index >= 15 is 0 Å². The van der Waals surface area contributed by atoms with Crippen LogP contribution in [0.15, 0.2) is 96.9 Å². The van der Waals surface area contributed by atoms with Crippen molar-refractivity contribution in [3.05, 3.63) is 120 Å². The minimum atomic E-state index is -4.28. The average molecular weight is 963 g/mol. The zero-order chi connectivity index (χ0) is 41.2. The van der Waals surface area contributed by atoms with E-state index in [-0.39, 0.29) is 56.8 Å². The molecule has 2 aromatic heterocycles. The van der Waals surface area contributed by atoms with Gasteiger partial charge in [-0.2, -0.15) is 13.2 Å². The minimum absolute atomic E-state index is 0. The molecule has 0 amide bonds. The number of pyridine rings is 1. The maximum absolute atomic E-state index is 13.6. The molecule has 0 atom stereocenters. The Kier molecular flexibility index (Phi) is 14.0. The van der Waals surface area contributed by atoms with Gasteiger partial charge in [0.25, 0.3) is 6.85 Å². The molecule has 0 spiro atoms. The number of carbonyl (C=O) groups excluding carboxylic acids is 1. The van der Waals surface area contributed by atoms with E-state index in [9.17, 15) is 23.1 Å². The summed E-state index contributed by atoms with van der Waals surface area (Å²) in [5.41, 5.74) is 7.84. The molecule has 1 radical (unpaired) electrons. The van der Waals surface area contributed by atoms with Gasteiger partial charge in [-0.25, -0.2) is 4.98 Å². The second-order valence-corrected chi connectivity index (χ2v) is 16.0. The van der Waals surface area contributed by atoms with Crippen molar-refractivity contribution in [2.75, 3.05) is 0 Å². The summed E-state index contributed by atoms with van der Waals surface area (Å²) >= 11 is 0. The van der Waals surface area contributed by atoms with E-state index in [4.69, 9.17) is 9.97 Å². The van der Waals surface area contributed by atoms with Gasteiger partial charge in [0.05, 0.1) is 16.7 Å². The first-order chi connectivity index (χ1) is 27.1. The topological polar surface area (TPSA) is 68.0 Å². The first-order valence-electron chi connectivity index (χ1n) is 20.1. The smallest absolute Gasteiger partial charge is 0.394 e. The molecule has 0 unspecified atom stereocenters. The summed E-state index contributed by atoms with van der Waals surface area (Å²) in [5, 5.41) is 11.9. The summed E-state index contributed by atoms with van der Waals surface area (Å²) in [5.74, 6) is 1.30. The minimum Gasteiger partial charge on any atom is -0.512 e. The zero-order valence-electron chi connectivity index (χ0n) is 34.6. The van der Waals surface area contributed by atoms with E-state index < -0.39 is 11.6 Å². The number of aryl methyl sites for hydroxylation is 2. The van der Waals surface area contributed by atoms with Crippen molar-refractivity contribution < 1.29 is 43.2 Å². The predicted molar refractivity (Wildman–Crippen MR) is 228 cm³/mol. The first kappa shape index (κ1) is 44.6. The van der Waals surface area contributed by atoms with Crippen LogP contribution in [0.2, 0.25) is 0 Å². The molecule has 0 saturated carbocycles. The molecule has 0 fully saturated rings. The molecule has 58 heavy (non-hydrogen) atoms. The summed E-state index contributed by atoms with van der Waals surface area (Å²) in [4.78, 5) is 21.7. The van der Waals surface area contributed by atoms with Crippen molar-refractivity contribution in [2.24, 2.45) is 17.3 Å². The fraction of sp³-hybridized carbons (Fsp3) is 0.354. The molecule has 3 heterocycles. The van der Waals surface area contributed by atoms with E-state index in [0.29, 0.717) is 5.56 Å². The Bertz CT molecular complexity index is 2410. The van der Waals surface area contributed by atoms with Gasteiger partial charge in [0, 0.05) is 61.0 Å². The molecule has 0 aliphatic carbocycles. The van der Waals surface area contributed by atoms with Crippen molar-refractivity contribution in [3.8, 4) is 22.6 Å². The van der Waals surface area contributed by atoms with E-state index in [2.05, 4.69) is 60.8 Å². The van der Waals surface area contributed by atoms with Gasteiger partial charge in [-0.1, -0.05) is 130 Å². The monoisotopic (exact) mass is 963 g/mol. The van der Waals surface area contributed by atoms with Crippen molar-refractivity contribution in [1.82, 2.24) is 14.4 Å². The van der Waals surface area contributed by atoms with Crippen LogP contribution in [0.25, 0.3) is 44.5 Å². The van der Waals surface area contributed by atoms with Crippen LogP contribution in [-0.2, 0) is 31.3 Å². The molecule has 0 bridgehead atoms. The summed E-state index contributed by atoms with van der Waals surface area (Å²) in [6, 6.07) is 29.8. The number of allylic oxidation sites excluding steroid dienone is 2. The Morgan fingerprint density at radius 3 is 2.10 bits per heavy atom. The standard InChI is InChI=1S/C35H28BF3N3.C13H24O2.Ir/c1-21-8-7-9-22(2)30(21)36-28-19-26-11-6-5-10-25(26)18-27(28)31-32-29(16-17-40-31)41-33(42(32)36)24-14-12-23(13-15-24)20-34(3,4)35(37,38)39;1-5-10(6-2)12(14)9-13(15)11(7-3)8-4;/h5-17,19H,20H2,1-4H3;9-11,14H,5-8H2,1-4H3;/q-1;;/b;12-9-;. The van der Waals surface area contributed by atoms with Crippen molar-refractivity contribution in [3.63, 3.8) is 0 Å². The van der Waals surface area contributed by atoms with Gasteiger partial charge in [0.15, 0.2) is 5.78 Å². The van der Waals surface area contributed by atoms with Gasteiger partial charge in [0.1, 0.15) is 5.82 Å². The number of halogens is 3. The van der Waals surface area contributed by atoms with Crippen LogP contribution in [0.4, 0.5) is 13.2 Å². The van der Waals surface area contributed by atoms with Crippen LogP contribution in [0.3, 0.4) is 0 Å². The number of alkyl halides is 3. The Hall–Kier alpha value is -4.53. The van der Waals surface area contributed by atoms with E-state index in [1.165, 1.54) is 36.5 Å². The number of carbonyl (C=O) groups is 1. The number of hydrogen-bond donors (Lipinski definition) is 1. The molecule has 7 rings (SSSR count). The van der Waals surface area contributed by atoms with Crippen LogP contribution in [0.1, 0.15) is 83.9 Å². The Morgan fingerprint density at radius 2 is 1.50 bits per heavy atom. The van der Waals surface area contributed by atoms with Crippen molar-refractivity contribution >= 4 is 45.4 Å². The van der Waals surface area contributed by atoms with Crippen LogP contribution < -0.4 is 10.9 Å². The second-order valence-electron chi connectivity index (χ2n) is 16.0. The number of hydrogen-bond acceptors (Lipinski definition) is 4. The summed E-state index contributed by atoms with van der Waals surface area (Å²) < 4.78 is 43.0. The molecular formula is C48H52BF3IrN3O2-. The quantitative estimate of drug-likeness (QED) is 0.0607. The molecular weight excluding hydrogens is 911 g/mol. The molecule has 6 aromatic rings. The van der Waals surface area contributed by atoms with Crippen LogP contribution in [0.5, 0.6) is 0 Å². The normalized spacial score (nSPS) is 12.8. The van der Waals surface area contributed by atoms with Gasteiger partial charge in [-0.05, 0) is 57.6 Å². The number of ketones is 1. The first-order valence-corrected chi connectivity index (χ1v) is 20.1. The number of imidazole rings is 1. The second kappa shape index (κ2) is 18.2. The Morgan fingerprint density at radius 1 is 0.879 bits per heavy atom. The fourth-order valence-corrected chi connectivity index (χ4v) is 8.12. The number of aliphatic hydroxyl groups excluding tert-OH is 1. The van der Waals surface area contributed by atoms with E-state index in [0.717, 1.165) is 75.6 Å². The van der Waals surface area contributed by atoms with Gasteiger partial charge in [-0.15, -0.1) is 29.0 Å². The molecule has 305 valence electrons. The van der Waals surface area contributed by atoms with Crippen molar-refractivity contribution in [1.29, 1.82) is 0 Å². The SMILES string of the molecule is CCC(CC)C(=O)/C=C(\O)C(CC)CC.Cc1cccc(C)c1B1c2cc3ccccc3[c-]c2-c2nccc3nc(-c4ccc(CC(C)(C)C(F)(F)F)cc4)n1c23.[Ir]. The molecule has 4 aromatic carbocycles. The maximum Gasteiger partial charge on any atom is 0.394 e. The summed E-state index contributed by atoms with van der Waals surface area (Å²) in [6.07, 6.45) is 2.31. The molecule has 5 nitrogen and oxygen atoms in total. The summed E-state index contributed by atoms with van der Waals surface area (Å²) in [6.45, 7) is 14.6. The maximum atomic E-state index is 13.6.